The van der Waals surface area contributed by atoms with E-state index in [1.54, 1.807) is 0 Å². The summed E-state index contributed by atoms with van der Waals surface area (Å²) in [5, 5.41) is 0. The Bertz CT molecular complexity index is 638. The van der Waals surface area contributed by atoms with E-state index in [-0.39, 0.29) is 29.1 Å². The standard InChI is InChI=1S/C12H18N2O5S2/c1-8-5-14(6-12(2,3)19-8)21(16,17)11-9(10(15)18-4)13-7-20-11/h7-8H,5-6H2,1-4H3. The van der Waals surface area contributed by atoms with Crippen LogP contribution < -0.4 is 0 Å². The fraction of sp³-hybridized carbons (Fsp3) is 0.667. The molecule has 0 N–H and O–H groups in total. The Labute approximate surface area is 127 Å². The second kappa shape index (κ2) is 5.64. The molecular weight excluding hydrogens is 316 g/mol. The third-order valence-corrected chi connectivity index (χ3v) is 6.18. The Morgan fingerprint density at radius 1 is 1.57 bits per heavy atom. The van der Waals surface area contributed by atoms with E-state index in [0.29, 0.717) is 0 Å². The summed E-state index contributed by atoms with van der Waals surface area (Å²) in [5.74, 6) is -0.754. The number of sulfonamides is 1. The lowest BCUT2D eigenvalue weighted by Gasteiger charge is -2.40. The van der Waals surface area contributed by atoms with Gasteiger partial charge in [0.25, 0.3) is 10.0 Å². The first-order chi connectivity index (χ1) is 9.67. The van der Waals surface area contributed by atoms with Gasteiger partial charge < -0.3 is 9.47 Å². The van der Waals surface area contributed by atoms with Gasteiger partial charge >= 0.3 is 5.97 Å². The Kier molecular flexibility index (Phi) is 4.39. The molecule has 7 nitrogen and oxygen atoms in total. The van der Waals surface area contributed by atoms with Gasteiger partial charge in [-0.3, -0.25) is 0 Å². The first-order valence-electron chi connectivity index (χ1n) is 6.37. The van der Waals surface area contributed by atoms with E-state index in [1.807, 2.05) is 20.8 Å². The van der Waals surface area contributed by atoms with Gasteiger partial charge in [0.2, 0.25) is 0 Å². The Morgan fingerprint density at radius 3 is 2.81 bits per heavy atom. The summed E-state index contributed by atoms with van der Waals surface area (Å²) in [4.78, 5) is 15.4. The number of morpholine rings is 1. The van der Waals surface area contributed by atoms with Gasteiger partial charge in [0.15, 0.2) is 9.90 Å². The van der Waals surface area contributed by atoms with Crippen molar-refractivity contribution in [1.29, 1.82) is 0 Å². The van der Waals surface area contributed by atoms with Crippen LogP contribution in [-0.2, 0) is 19.5 Å². The van der Waals surface area contributed by atoms with Crippen molar-refractivity contribution in [3.05, 3.63) is 11.2 Å². The number of ether oxygens (including phenoxy) is 2. The Morgan fingerprint density at radius 2 is 2.24 bits per heavy atom. The van der Waals surface area contributed by atoms with Crippen LogP contribution in [0.1, 0.15) is 31.3 Å². The molecule has 1 unspecified atom stereocenters. The summed E-state index contributed by atoms with van der Waals surface area (Å²) < 4.78 is 37.0. The molecule has 1 saturated heterocycles. The van der Waals surface area contributed by atoms with Gasteiger partial charge in [0.1, 0.15) is 0 Å². The number of rotatable bonds is 3. The molecule has 2 rings (SSSR count). The maximum Gasteiger partial charge on any atom is 0.358 e. The lowest BCUT2D eigenvalue weighted by Crippen LogP contribution is -2.53. The van der Waals surface area contributed by atoms with Crippen molar-refractivity contribution in [3.8, 4) is 0 Å². The SMILES string of the molecule is COC(=O)c1ncsc1S(=O)(=O)N1CC(C)OC(C)(C)C1. The molecule has 0 aliphatic carbocycles. The minimum absolute atomic E-state index is 0.0840. The minimum Gasteiger partial charge on any atom is -0.464 e. The average Bonchev–Trinajstić information content (AvgIpc) is 2.85. The smallest absolute Gasteiger partial charge is 0.358 e. The van der Waals surface area contributed by atoms with E-state index in [4.69, 9.17) is 4.74 Å². The summed E-state index contributed by atoms with van der Waals surface area (Å²) in [6.45, 7) is 5.94. The summed E-state index contributed by atoms with van der Waals surface area (Å²) >= 11 is 0.913. The van der Waals surface area contributed by atoms with Crippen molar-refractivity contribution in [3.63, 3.8) is 0 Å². The van der Waals surface area contributed by atoms with Gasteiger partial charge in [-0.1, -0.05) is 0 Å². The van der Waals surface area contributed by atoms with Crippen molar-refractivity contribution in [2.75, 3.05) is 20.2 Å². The number of hydrogen-bond acceptors (Lipinski definition) is 7. The van der Waals surface area contributed by atoms with Crippen LogP contribution in [-0.4, -0.2) is 55.6 Å². The average molecular weight is 334 g/mol. The zero-order chi connectivity index (χ0) is 15.8. The molecule has 1 fully saturated rings. The number of carbonyl (C=O) groups excluding carboxylic acids is 1. The van der Waals surface area contributed by atoms with Crippen LogP contribution in [0.4, 0.5) is 0 Å². The number of esters is 1. The lowest BCUT2D eigenvalue weighted by atomic mass is 10.1. The van der Waals surface area contributed by atoms with E-state index in [1.165, 1.54) is 16.9 Å². The van der Waals surface area contributed by atoms with E-state index >= 15 is 0 Å². The van der Waals surface area contributed by atoms with E-state index in [2.05, 4.69) is 9.72 Å². The summed E-state index contributed by atoms with van der Waals surface area (Å²) in [6.07, 6.45) is -0.224. The molecule has 1 atom stereocenters. The van der Waals surface area contributed by atoms with Crippen LogP contribution in [0.2, 0.25) is 0 Å². The molecule has 0 radical (unpaired) electrons. The number of methoxy groups -OCH3 is 1. The molecule has 9 heteroatoms. The number of aromatic nitrogens is 1. The molecule has 1 aliphatic heterocycles. The fourth-order valence-corrected chi connectivity index (χ4v) is 5.28. The molecule has 0 saturated carbocycles. The Hall–Kier alpha value is -1.03. The highest BCUT2D eigenvalue weighted by molar-refractivity contribution is 7.91. The van der Waals surface area contributed by atoms with Crippen molar-refractivity contribution in [2.24, 2.45) is 0 Å². The van der Waals surface area contributed by atoms with E-state index in [0.717, 1.165) is 11.3 Å². The van der Waals surface area contributed by atoms with Crippen LogP contribution in [0.3, 0.4) is 0 Å². The van der Waals surface area contributed by atoms with Crippen molar-refractivity contribution < 1.29 is 22.7 Å². The zero-order valence-corrected chi connectivity index (χ0v) is 14.0. The molecule has 2 heterocycles. The first-order valence-corrected chi connectivity index (χ1v) is 8.69. The molecule has 118 valence electrons. The maximum absolute atomic E-state index is 12.8. The molecule has 1 aromatic heterocycles. The molecule has 0 amide bonds. The third kappa shape index (κ3) is 3.25. The van der Waals surface area contributed by atoms with Gasteiger partial charge in [0, 0.05) is 13.1 Å². The molecular formula is C12H18N2O5S2. The van der Waals surface area contributed by atoms with Crippen molar-refractivity contribution in [2.45, 2.75) is 36.7 Å². The van der Waals surface area contributed by atoms with Crippen molar-refractivity contribution in [1.82, 2.24) is 9.29 Å². The molecule has 0 bridgehead atoms. The van der Waals surface area contributed by atoms with Crippen LogP contribution in [0, 0.1) is 0 Å². The number of nitrogens with zero attached hydrogens (tertiary/aromatic N) is 2. The normalized spacial score (nSPS) is 23.0. The number of hydrogen-bond donors (Lipinski definition) is 0. The molecule has 21 heavy (non-hydrogen) atoms. The molecule has 0 spiro atoms. The van der Waals surface area contributed by atoms with Crippen LogP contribution >= 0.6 is 11.3 Å². The number of carbonyl (C=O) groups is 1. The highest BCUT2D eigenvalue weighted by atomic mass is 32.2. The molecule has 0 aromatic carbocycles. The maximum atomic E-state index is 12.8. The van der Waals surface area contributed by atoms with Crippen LogP contribution in [0.15, 0.2) is 9.72 Å². The summed E-state index contributed by atoms with van der Waals surface area (Å²) in [5.41, 5.74) is 0.578. The number of thiazole rings is 1. The minimum atomic E-state index is -3.80. The second-order valence-electron chi connectivity index (χ2n) is 5.47. The quantitative estimate of drug-likeness (QED) is 0.770. The highest BCUT2D eigenvalue weighted by Gasteiger charge is 2.40. The largest absolute Gasteiger partial charge is 0.464 e. The van der Waals surface area contributed by atoms with E-state index in [9.17, 15) is 13.2 Å². The van der Waals surface area contributed by atoms with Crippen LogP contribution in [0.25, 0.3) is 0 Å². The summed E-state index contributed by atoms with van der Waals surface area (Å²) in [7, 11) is -2.61. The molecule has 1 aliphatic rings. The van der Waals surface area contributed by atoms with Crippen molar-refractivity contribution >= 4 is 27.3 Å². The predicted molar refractivity (Wildman–Crippen MR) is 76.8 cm³/mol. The predicted octanol–water partition coefficient (Wildman–Crippen LogP) is 1.12. The second-order valence-corrected chi connectivity index (χ2v) is 8.45. The third-order valence-electron chi connectivity index (χ3n) is 3.03. The lowest BCUT2D eigenvalue weighted by molar-refractivity contribution is -0.109. The van der Waals surface area contributed by atoms with Gasteiger partial charge in [0.05, 0.1) is 24.3 Å². The first kappa shape index (κ1) is 16.3. The monoisotopic (exact) mass is 334 g/mol. The van der Waals surface area contributed by atoms with Gasteiger partial charge in [-0.05, 0) is 20.8 Å². The van der Waals surface area contributed by atoms with Crippen LogP contribution in [0.5, 0.6) is 0 Å². The van der Waals surface area contributed by atoms with Gasteiger partial charge in [-0.15, -0.1) is 11.3 Å². The zero-order valence-electron chi connectivity index (χ0n) is 12.3. The fourth-order valence-electron chi connectivity index (χ4n) is 2.35. The topological polar surface area (TPSA) is 85.8 Å². The van der Waals surface area contributed by atoms with Gasteiger partial charge in [-0.2, -0.15) is 4.31 Å². The highest BCUT2D eigenvalue weighted by Crippen LogP contribution is 2.30. The summed E-state index contributed by atoms with van der Waals surface area (Å²) in [6, 6.07) is 0. The Balaban J connectivity index is 2.39. The van der Waals surface area contributed by atoms with E-state index < -0.39 is 21.6 Å². The van der Waals surface area contributed by atoms with Gasteiger partial charge in [-0.25, -0.2) is 18.2 Å². The molecule has 1 aromatic rings.